The summed E-state index contributed by atoms with van der Waals surface area (Å²) in [7, 11) is 2.08. The topological polar surface area (TPSA) is 12.0 Å². The molecule has 0 bridgehead atoms. The zero-order valence-corrected chi connectivity index (χ0v) is 11.7. The fourth-order valence-electron chi connectivity index (χ4n) is 1.93. The Hall–Kier alpha value is 0.400. The van der Waals surface area contributed by atoms with Gasteiger partial charge in [-0.3, -0.25) is 0 Å². The van der Waals surface area contributed by atoms with Gasteiger partial charge in [0.25, 0.3) is 0 Å². The van der Waals surface area contributed by atoms with E-state index in [0.717, 1.165) is 23.3 Å². The van der Waals surface area contributed by atoms with Crippen molar-refractivity contribution in [1.29, 1.82) is 0 Å². The fraction of sp³-hybridized carbons (Fsp3) is 0.833. The van der Waals surface area contributed by atoms with Crippen molar-refractivity contribution in [2.24, 2.45) is 0 Å². The van der Waals surface area contributed by atoms with Gasteiger partial charge in [0.05, 0.1) is 0 Å². The van der Waals surface area contributed by atoms with Gasteiger partial charge < -0.3 is 5.32 Å². The van der Waals surface area contributed by atoms with Gasteiger partial charge in [-0.2, -0.15) is 23.5 Å². The maximum atomic E-state index is 4.12. The third-order valence-electron chi connectivity index (χ3n) is 3.01. The molecule has 1 fully saturated rings. The zero-order valence-electron chi connectivity index (χ0n) is 10.1. The van der Waals surface area contributed by atoms with Crippen molar-refractivity contribution in [2.75, 3.05) is 18.6 Å². The second-order valence-corrected chi connectivity index (χ2v) is 6.89. The zero-order chi connectivity index (χ0) is 11.3. The summed E-state index contributed by atoms with van der Waals surface area (Å²) in [5.41, 5.74) is 1.37. The standard InChI is InChI=1S/C12H23NS2/c1-5-9(2)8-11(13-4)12-10(3)14-6-7-15-12/h10-13H,2,5-8H2,1,3-4H3. The lowest BCUT2D eigenvalue weighted by atomic mass is 10.0. The molecule has 0 aromatic carbocycles. The second kappa shape index (κ2) is 6.87. The van der Waals surface area contributed by atoms with E-state index in [9.17, 15) is 0 Å². The highest BCUT2D eigenvalue weighted by molar-refractivity contribution is 8.07. The first-order valence-corrected chi connectivity index (χ1v) is 7.85. The van der Waals surface area contributed by atoms with E-state index in [2.05, 4.69) is 56.3 Å². The highest BCUT2D eigenvalue weighted by Crippen LogP contribution is 2.34. The maximum absolute atomic E-state index is 4.12. The molecular formula is C12H23NS2. The van der Waals surface area contributed by atoms with Crippen LogP contribution in [-0.2, 0) is 0 Å². The van der Waals surface area contributed by atoms with Gasteiger partial charge in [0.15, 0.2) is 0 Å². The van der Waals surface area contributed by atoms with Crippen LogP contribution in [0.25, 0.3) is 0 Å². The number of thioether (sulfide) groups is 2. The van der Waals surface area contributed by atoms with Crippen LogP contribution in [0.5, 0.6) is 0 Å². The normalized spacial score (nSPS) is 28.7. The van der Waals surface area contributed by atoms with E-state index in [4.69, 9.17) is 0 Å². The molecule has 0 radical (unpaired) electrons. The van der Waals surface area contributed by atoms with Gasteiger partial charge in [-0.15, -0.1) is 0 Å². The fourth-order valence-corrected chi connectivity index (χ4v) is 4.93. The Balaban J connectivity index is 2.51. The summed E-state index contributed by atoms with van der Waals surface area (Å²) < 4.78 is 0. The quantitative estimate of drug-likeness (QED) is 0.747. The largest absolute Gasteiger partial charge is 0.316 e. The summed E-state index contributed by atoms with van der Waals surface area (Å²) >= 11 is 4.25. The molecule has 1 N–H and O–H groups in total. The van der Waals surface area contributed by atoms with Gasteiger partial charge in [0, 0.05) is 28.0 Å². The third kappa shape index (κ3) is 4.04. The van der Waals surface area contributed by atoms with E-state index >= 15 is 0 Å². The minimum atomic E-state index is 0.602. The van der Waals surface area contributed by atoms with Crippen LogP contribution in [0.2, 0.25) is 0 Å². The highest BCUT2D eigenvalue weighted by atomic mass is 32.2. The van der Waals surface area contributed by atoms with E-state index in [1.165, 1.54) is 17.1 Å². The van der Waals surface area contributed by atoms with E-state index in [-0.39, 0.29) is 0 Å². The Morgan fingerprint density at radius 2 is 2.13 bits per heavy atom. The molecule has 0 aromatic heterocycles. The first-order valence-electron chi connectivity index (χ1n) is 5.76. The average Bonchev–Trinajstić information content (AvgIpc) is 2.26. The molecule has 88 valence electrons. The summed E-state index contributed by atoms with van der Waals surface area (Å²) in [6, 6.07) is 0.602. The molecule has 0 amide bonds. The van der Waals surface area contributed by atoms with Crippen LogP contribution in [0.15, 0.2) is 12.2 Å². The molecule has 1 rings (SSSR count). The molecule has 1 saturated heterocycles. The first kappa shape index (κ1) is 13.5. The summed E-state index contributed by atoms with van der Waals surface area (Å²) in [6.45, 7) is 8.68. The van der Waals surface area contributed by atoms with Crippen molar-refractivity contribution in [2.45, 2.75) is 43.2 Å². The minimum absolute atomic E-state index is 0.602. The average molecular weight is 245 g/mol. The van der Waals surface area contributed by atoms with Crippen molar-refractivity contribution in [3.05, 3.63) is 12.2 Å². The Kier molecular flexibility index (Phi) is 6.17. The number of nitrogens with one attached hydrogen (secondary N) is 1. The summed E-state index contributed by atoms with van der Waals surface area (Å²) in [6.07, 6.45) is 2.24. The Morgan fingerprint density at radius 3 is 2.67 bits per heavy atom. The lowest BCUT2D eigenvalue weighted by Crippen LogP contribution is -2.42. The molecule has 15 heavy (non-hydrogen) atoms. The van der Waals surface area contributed by atoms with Crippen LogP contribution in [0, 0.1) is 0 Å². The SMILES string of the molecule is C=C(CC)CC(NC)C1SCCSC1C. The molecule has 1 aliphatic heterocycles. The Labute approximate surface area is 103 Å². The van der Waals surface area contributed by atoms with E-state index in [0.29, 0.717) is 6.04 Å². The van der Waals surface area contributed by atoms with E-state index in [1.807, 2.05) is 0 Å². The van der Waals surface area contributed by atoms with Gasteiger partial charge in [0.2, 0.25) is 0 Å². The van der Waals surface area contributed by atoms with Crippen LogP contribution in [0.4, 0.5) is 0 Å². The van der Waals surface area contributed by atoms with Crippen LogP contribution in [0.3, 0.4) is 0 Å². The molecule has 1 nitrogen and oxygen atoms in total. The van der Waals surface area contributed by atoms with Crippen LogP contribution in [-0.4, -0.2) is 35.1 Å². The minimum Gasteiger partial charge on any atom is -0.316 e. The highest BCUT2D eigenvalue weighted by Gasteiger charge is 2.29. The molecule has 1 aliphatic rings. The summed E-state index contributed by atoms with van der Waals surface area (Å²) in [4.78, 5) is 0. The van der Waals surface area contributed by atoms with E-state index in [1.54, 1.807) is 0 Å². The molecule has 0 aromatic rings. The van der Waals surface area contributed by atoms with Crippen molar-refractivity contribution in [1.82, 2.24) is 5.32 Å². The Bertz CT molecular complexity index is 206. The lowest BCUT2D eigenvalue weighted by Gasteiger charge is -2.34. The van der Waals surface area contributed by atoms with Gasteiger partial charge >= 0.3 is 0 Å². The lowest BCUT2D eigenvalue weighted by molar-refractivity contribution is 0.525. The van der Waals surface area contributed by atoms with Gasteiger partial charge in [-0.1, -0.05) is 26.0 Å². The van der Waals surface area contributed by atoms with Crippen molar-refractivity contribution in [3.63, 3.8) is 0 Å². The maximum Gasteiger partial charge on any atom is 0.0320 e. The predicted octanol–water partition coefficient (Wildman–Crippen LogP) is 3.17. The van der Waals surface area contributed by atoms with Gasteiger partial charge in [0.1, 0.15) is 0 Å². The summed E-state index contributed by atoms with van der Waals surface area (Å²) in [5, 5.41) is 4.99. The molecule has 0 aliphatic carbocycles. The molecule has 3 heteroatoms. The number of hydrogen-bond acceptors (Lipinski definition) is 3. The van der Waals surface area contributed by atoms with Gasteiger partial charge in [-0.25, -0.2) is 0 Å². The molecular weight excluding hydrogens is 222 g/mol. The first-order chi connectivity index (χ1) is 7.19. The smallest absolute Gasteiger partial charge is 0.0320 e. The van der Waals surface area contributed by atoms with Gasteiger partial charge in [-0.05, 0) is 19.9 Å². The van der Waals surface area contributed by atoms with Crippen LogP contribution < -0.4 is 5.32 Å². The van der Waals surface area contributed by atoms with E-state index < -0.39 is 0 Å². The number of rotatable bonds is 5. The second-order valence-electron chi connectivity index (χ2n) is 4.11. The number of hydrogen-bond donors (Lipinski definition) is 1. The summed E-state index contributed by atoms with van der Waals surface area (Å²) in [5.74, 6) is 2.62. The molecule has 3 unspecified atom stereocenters. The van der Waals surface area contributed by atoms with Crippen molar-refractivity contribution >= 4 is 23.5 Å². The van der Waals surface area contributed by atoms with Crippen molar-refractivity contribution in [3.8, 4) is 0 Å². The van der Waals surface area contributed by atoms with Crippen molar-refractivity contribution < 1.29 is 0 Å². The molecule has 0 spiro atoms. The third-order valence-corrected chi connectivity index (χ3v) is 6.26. The molecule has 3 atom stereocenters. The van der Waals surface area contributed by atoms with Crippen LogP contribution >= 0.6 is 23.5 Å². The molecule has 1 heterocycles. The Morgan fingerprint density at radius 1 is 1.47 bits per heavy atom. The van der Waals surface area contributed by atoms with Crippen LogP contribution in [0.1, 0.15) is 26.7 Å². The predicted molar refractivity (Wildman–Crippen MR) is 75.1 cm³/mol. The monoisotopic (exact) mass is 245 g/mol. The molecule has 0 saturated carbocycles.